The minimum absolute atomic E-state index is 0.873. The summed E-state index contributed by atoms with van der Waals surface area (Å²) in [6.45, 7) is 5.55. The van der Waals surface area contributed by atoms with Crippen molar-refractivity contribution in [2.45, 2.75) is 187 Å². The quantitative estimate of drug-likeness (QED) is 0.118. The minimum Gasteiger partial charge on any atom is -0.330 e. The van der Waals surface area contributed by atoms with E-state index in [1.165, 1.54) is 173 Å². The molecule has 32 heavy (non-hydrogen) atoms. The molecule has 0 saturated carbocycles. The Morgan fingerprint density at radius 3 is 0.969 bits per heavy atom. The van der Waals surface area contributed by atoms with Crippen molar-refractivity contribution in [3.63, 3.8) is 0 Å². The van der Waals surface area contributed by atoms with Crippen LogP contribution < -0.4 is 5.73 Å². The zero-order valence-electron chi connectivity index (χ0n) is 23.0. The average molecular weight is 452 g/mol. The Bertz CT molecular complexity index is 314. The standard InChI is InChI=1S/C31H65N/c1-3-5-6-7-8-9-10-11-12-13-14-15-16-18-21-24-28-31(27-4-2)29-25-22-19-17-20-23-26-30-32/h31H,3-30,32H2,1-2H3. The van der Waals surface area contributed by atoms with Crippen LogP contribution in [-0.2, 0) is 0 Å². The third-order valence-corrected chi connectivity index (χ3v) is 7.48. The Balaban J connectivity index is 3.34. The van der Waals surface area contributed by atoms with E-state index in [1.807, 2.05) is 0 Å². The lowest BCUT2D eigenvalue weighted by molar-refractivity contribution is 0.377. The normalized spacial score (nSPS) is 12.5. The van der Waals surface area contributed by atoms with Crippen molar-refractivity contribution in [3.05, 3.63) is 0 Å². The summed E-state index contributed by atoms with van der Waals surface area (Å²) < 4.78 is 0. The van der Waals surface area contributed by atoms with E-state index in [-0.39, 0.29) is 0 Å². The molecule has 0 aromatic carbocycles. The summed E-state index contributed by atoms with van der Waals surface area (Å²) in [5.41, 5.74) is 5.57. The molecule has 0 spiro atoms. The van der Waals surface area contributed by atoms with Crippen molar-refractivity contribution >= 4 is 0 Å². The van der Waals surface area contributed by atoms with E-state index in [0.717, 1.165) is 12.5 Å². The van der Waals surface area contributed by atoms with Crippen LogP contribution >= 0.6 is 0 Å². The van der Waals surface area contributed by atoms with Crippen LogP contribution in [0.2, 0.25) is 0 Å². The molecule has 0 rings (SSSR count). The molecular formula is C31H65N. The lowest BCUT2D eigenvalue weighted by Crippen LogP contribution is -2.01. The summed E-state index contributed by atoms with van der Waals surface area (Å²) in [5.74, 6) is 1.02. The molecule has 0 heterocycles. The van der Waals surface area contributed by atoms with Crippen LogP contribution in [0.4, 0.5) is 0 Å². The Kier molecular flexibility index (Phi) is 29.0. The van der Waals surface area contributed by atoms with Gasteiger partial charge < -0.3 is 5.73 Å². The number of hydrogen-bond acceptors (Lipinski definition) is 1. The monoisotopic (exact) mass is 452 g/mol. The van der Waals surface area contributed by atoms with E-state index < -0.39 is 0 Å². The van der Waals surface area contributed by atoms with Gasteiger partial charge in [0.2, 0.25) is 0 Å². The van der Waals surface area contributed by atoms with E-state index >= 15 is 0 Å². The molecule has 194 valence electrons. The van der Waals surface area contributed by atoms with Gasteiger partial charge in [-0.1, -0.05) is 181 Å². The fourth-order valence-electron chi connectivity index (χ4n) is 5.28. The summed E-state index contributed by atoms with van der Waals surface area (Å²) in [7, 11) is 0. The molecule has 1 unspecified atom stereocenters. The first-order valence-electron chi connectivity index (χ1n) is 15.5. The van der Waals surface area contributed by atoms with Crippen LogP contribution in [0.5, 0.6) is 0 Å². The second-order valence-corrected chi connectivity index (χ2v) is 10.8. The minimum atomic E-state index is 0.873. The van der Waals surface area contributed by atoms with Crippen LogP contribution in [0.15, 0.2) is 0 Å². The van der Waals surface area contributed by atoms with Crippen LogP contribution in [0.25, 0.3) is 0 Å². The molecule has 2 N–H and O–H groups in total. The summed E-state index contributed by atoms with van der Waals surface area (Å²) in [6, 6.07) is 0. The van der Waals surface area contributed by atoms with Gasteiger partial charge >= 0.3 is 0 Å². The molecule has 0 fully saturated rings. The van der Waals surface area contributed by atoms with Crippen molar-refractivity contribution in [2.24, 2.45) is 11.7 Å². The molecule has 0 amide bonds. The molecule has 0 aromatic rings. The Hall–Kier alpha value is -0.0400. The maximum Gasteiger partial charge on any atom is -0.00773 e. The molecule has 0 aromatic heterocycles. The fourth-order valence-corrected chi connectivity index (χ4v) is 5.28. The summed E-state index contributed by atoms with van der Waals surface area (Å²) in [6.07, 6.45) is 39.2. The van der Waals surface area contributed by atoms with Gasteiger partial charge in [-0.25, -0.2) is 0 Å². The third-order valence-electron chi connectivity index (χ3n) is 7.48. The highest BCUT2D eigenvalue weighted by Crippen LogP contribution is 2.23. The summed E-state index contributed by atoms with van der Waals surface area (Å²) in [4.78, 5) is 0. The van der Waals surface area contributed by atoms with Gasteiger partial charge in [0, 0.05) is 0 Å². The van der Waals surface area contributed by atoms with Gasteiger partial charge in [-0.05, 0) is 18.9 Å². The highest BCUT2D eigenvalue weighted by atomic mass is 14.5. The van der Waals surface area contributed by atoms with E-state index in [0.29, 0.717) is 0 Å². The second kappa shape index (κ2) is 29.0. The van der Waals surface area contributed by atoms with Crippen molar-refractivity contribution in [3.8, 4) is 0 Å². The zero-order valence-corrected chi connectivity index (χ0v) is 23.0. The van der Waals surface area contributed by atoms with E-state index in [2.05, 4.69) is 13.8 Å². The van der Waals surface area contributed by atoms with Crippen LogP contribution in [-0.4, -0.2) is 6.54 Å². The van der Waals surface area contributed by atoms with Crippen LogP contribution in [0.1, 0.15) is 187 Å². The molecule has 1 atom stereocenters. The Morgan fingerprint density at radius 2 is 0.656 bits per heavy atom. The number of hydrogen-bond donors (Lipinski definition) is 1. The molecule has 1 heteroatoms. The molecule has 0 aliphatic heterocycles. The molecule has 0 radical (unpaired) electrons. The van der Waals surface area contributed by atoms with E-state index in [4.69, 9.17) is 5.73 Å². The predicted octanol–water partition coefficient (Wildman–Crippen LogP) is 11.1. The Labute approximate surface area is 205 Å². The zero-order chi connectivity index (χ0) is 23.4. The number of unbranched alkanes of at least 4 members (excludes halogenated alkanes) is 21. The number of rotatable bonds is 28. The van der Waals surface area contributed by atoms with Gasteiger partial charge in [-0.3, -0.25) is 0 Å². The van der Waals surface area contributed by atoms with E-state index in [1.54, 1.807) is 0 Å². The third kappa shape index (κ3) is 26.2. The van der Waals surface area contributed by atoms with Crippen molar-refractivity contribution in [1.29, 1.82) is 0 Å². The van der Waals surface area contributed by atoms with Crippen molar-refractivity contribution in [2.75, 3.05) is 6.54 Å². The maximum atomic E-state index is 5.57. The predicted molar refractivity (Wildman–Crippen MR) is 149 cm³/mol. The SMILES string of the molecule is CCCCCCCCCCCCCCCCCCC(CCC)CCCCCCCCCN. The van der Waals surface area contributed by atoms with Crippen molar-refractivity contribution in [1.82, 2.24) is 0 Å². The lowest BCUT2D eigenvalue weighted by atomic mass is 9.90. The fraction of sp³-hybridized carbons (Fsp3) is 1.00. The first-order chi connectivity index (χ1) is 15.8. The molecule has 1 nitrogen and oxygen atoms in total. The lowest BCUT2D eigenvalue weighted by Gasteiger charge is -2.16. The first kappa shape index (κ1) is 32.0. The maximum absolute atomic E-state index is 5.57. The average Bonchev–Trinajstić information content (AvgIpc) is 2.80. The van der Waals surface area contributed by atoms with Crippen LogP contribution in [0.3, 0.4) is 0 Å². The van der Waals surface area contributed by atoms with E-state index in [9.17, 15) is 0 Å². The smallest absolute Gasteiger partial charge is 0.00773 e. The highest BCUT2D eigenvalue weighted by molar-refractivity contribution is 4.61. The molecule has 0 saturated heterocycles. The first-order valence-corrected chi connectivity index (χ1v) is 15.5. The molecule has 0 aliphatic rings. The topological polar surface area (TPSA) is 26.0 Å². The Morgan fingerprint density at radius 1 is 0.344 bits per heavy atom. The summed E-state index contributed by atoms with van der Waals surface area (Å²) in [5, 5.41) is 0. The second-order valence-electron chi connectivity index (χ2n) is 10.8. The van der Waals surface area contributed by atoms with Crippen molar-refractivity contribution < 1.29 is 0 Å². The molecule has 0 aliphatic carbocycles. The van der Waals surface area contributed by atoms with Gasteiger partial charge in [0.1, 0.15) is 0 Å². The van der Waals surface area contributed by atoms with Gasteiger partial charge in [0.25, 0.3) is 0 Å². The molecule has 0 bridgehead atoms. The van der Waals surface area contributed by atoms with Gasteiger partial charge in [0.15, 0.2) is 0 Å². The highest BCUT2D eigenvalue weighted by Gasteiger charge is 2.07. The number of nitrogens with two attached hydrogens (primary N) is 1. The largest absolute Gasteiger partial charge is 0.330 e. The van der Waals surface area contributed by atoms with Gasteiger partial charge in [0.05, 0.1) is 0 Å². The van der Waals surface area contributed by atoms with Crippen LogP contribution in [0, 0.1) is 5.92 Å². The molecular weight excluding hydrogens is 386 g/mol. The van der Waals surface area contributed by atoms with Gasteiger partial charge in [-0.15, -0.1) is 0 Å². The summed E-state index contributed by atoms with van der Waals surface area (Å²) >= 11 is 0. The van der Waals surface area contributed by atoms with Gasteiger partial charge in [-0.2, -0.15) is 0 Å².